The number of carbonyl (C=O) groups is 1. The number of hydrogen-bond acceptors (Lipinski definition) is 4. The van der Waals surface area contributed by atoms with Gasteiger partial charge in [0.05, 0.1) is 22.8 Å². The van der Waals surface area contributed by atoms with Crippen LogP contribution in [0.25, 0.3) is 10.8 Å². The number of fused-ring (bicyclic) bond motifs is 1. The minimum Gasteiger partial charge on any atom is -0.462 e. The molecule has 0 bridgehead atoms. The van der Waals surface area contributed by atoms with Crippen LogP contribution in [0.5, 0.6) is 0 Å². The number of benzene rings is 3. The van der Waals surface area contributed by atoms with Crippen molar-refractivity contribution in [3.8, 4) is 0 Å². The Kier molecular flexibility index (Phi) is 4.95. The van der Waals surface area contributed by atoms with Gasteiger partial charge in [-0.1, -0.05) is 30.3 Å². The summed E-state index contributed by atoms with van der Waals surface area (Å²) in [4.78, 5) is 11.9. The fraction of sp³-hybridized carbons (Fsp3) is 0.150. The summed E-state index contributed by atoms with van der Waals surface area (Å²) in [6, 6.07) is 18.9. The lowest BCUT2D eigenvalue weighted by atomic mass is 10.1. The van der Waals surface area contributed by atoms with Crippen molar-refractivity contribution in [2.24, 2.45) is 0 Å². The van der Waals surface area contributed by atoms with Crippen molar-refractivity contribution in [3.63, 3.8) is 0 Å². The highest BCUT2D eigenvalue weighted by atomic mass is 32.2. The van der Waals surface area contributed by atoms with Gasteiger partial charge in [0.2, 0.25) is 0 Å². The molecule has 0 saturated heterocycles. The maximum atomic E-state index is 12.9. The molecule has 0 spiro atoms. The highest BCUT2D eigenvalue weighted by Gasteiger charge is 2.22. The largest absolute Gasteiger partial charge is 0.462 e. The van der Waals surface area contributed by atoms with E-state index in [2.05, 4.69) is 0 Å². The van der Waals surface area contributed by atoms with E-state index in [1.807, 2.05) is 24.3 Å². The monoisotopic (exact) mass is 369 g/mol. The molecule has 26 heavy (non-hydrogen) atoms. The number of carbonyl (C=O) groups excluding carboxylic acids is 1. The quantitative estimate of drug-likeness (QED) is 0.641. The van der Waals surface area contributed by atoms with Crippen molar-refractivity contribution in [3.05, 3.63) is 72.3 Å². The van der Waals surface area contributed by atoms with Crippen molar-refractivity contribution in [2.45, 2.75) is 11.8 Å². The summed E-state index contributed by atoms with van der Waals surface area (Å²) >= 11 is 0. The Balaban J connectivity index is 1.91. The average molecular weight is 369 g/mol. The van der Waals surface area contributed by atoms with Crippen LogP contribution in [0.2, 0.25) is 0 Å². The molecule has 6 heteroatoms. The van der Waals surface area contributed by atoms with Crippen LogP contribution in [0.15, 0.2) is 71.6 Å². The maximum absolute atomic E-state index is 12.9. The third-order valence-electron chi connectivity index (χ3n) is 4.12. The lowest BCUT2D eigenvalue weighted by molar-refractivity contribution is 0.0526. The smallest absolute Gasteiger partial charge is 0.338 e. The molecular formula is C20H19NO4S. The molecule has 0 amide bonds. The van der Waals surface area contributed by atoms with Gasteiger partial charge in [-0.2, -0.15) is 0 Å². The minimum atomic E-state index is -3.71. The number of anilines is 1. The zero-order valence-corrected chi connectivity index (χ0v) is 15.4. The van der Waals surface area contributed by atoms with Gasteiger partial charge in [-0.05, 0) is 54.1 Å². The summed E-state index contributed by atoms with van der Waals surface area (Å²) in [5.41, 5.74) is 0.846. The molecule has 3 aromatic carbocycles. The number of rotatable bonds is 5. The maximum Gasteiger partial charge on any atom is 0.338 e. The molecule has 3 aromatic rings. The van der Waals surface area contributed by atoms with Crippen LogP contribution in [-0.4, -0.2) is 28.0 Å². The first-order valence-corrected chi connectivity index (χ1v) is 9.62. The van der Waals surface area contributed by atoms with Crippen molar-refractivity contribution < 1.29 is 17.9 Å². The van der Waals surface area contributed by atoms with Crippen molar-refractivity contribution in [1.82, 2.24) is 0 Å². The molecule has 0 fully saturated rings. The standard InChI is InChI=1S/C20H19NO4S/c1-3-25-20(22)16-8-11-18(12-9-16)21(2)26(23,24)19-13-10-15-6-4-5-7-17(15)14-19/h4-14H,3H2,1-2H3. The predicted molar refractivity (Wildman–Crippen MR) is 102 cm³/mol. The molecule has 5 nitrogen and oxygen atoms in total. The van der Waals surface area contributed by atoms with Crippen molar-refractivity contribution in [1.29, 1.82) is 0 Å². The number of hydrogen-bond donors (Lipinski definition) is 0. The first-order chi connectivity index (χ1) is 12.4. The van der Waals surface area contributed by atoms with E-state index in [0.717, 1.165) is 10.8 Å². The summed E-state index contributed by atoms with van der Waals surface area (Å²) in [7, 11) is -2.22. The topological polar surface area (TPSA) is 63.7 Å². The molecule has 0 atom stereocenters. The summed E-state index contributed by atoms with van der Waals surface area (Å²) in [6.45, 7) is 2.02. The summed E-state index contributed by atoms with van der Waals surface area (Å²) in [5, 5.41) is 1.84. The Morgan fingerprint density at radius 1 is 0.962 bits per heavy atom. The fourth-order valence-electron chi connectivity index (χ4n) is 2.65. The van der Waals surface area contributed by atoms with Crippen molar-refractivity contribution >= 4 is 32.5 Å². The van der Waals surface area contributed by atoms with E-state index in [1.54, 1.807) is 49.4 Å². The van der Waals surface area contributed by atoms with Gasteiger partial charge in [0.15, 0.2) is 0 Å². The van der Waals surface area contributed by atoms with Crippen LogP contribution < -0.4 is 4.31 Å². The van der Waals surface area contributed by atoms with Gasteiger partial charge in [-0.3, -0.25) is 4.31 Å². The second kappa shape index (κ2) is 7.17. The Hall–Kier alpha value is -2.86. The van der Waals surface area contributed by atoms with E-state index in [9.17, 15) is 13.2 Å². The van der Waals surface area contributed by atoms with E-state index in [4.69, 9.17) is 4.74 Å². The van der Waals surface area contributed by atoms with Gasteiger partial charge in [0, 0.05) is 7.05 Å². The molecule has 0 heterocycles. The van der Waals surface area contributed by atoms with Crippen LogP contribution in [0, 0.1) is 0 Å². The minimum absolute atomic E-state index is 0.216. The molecule has 0 saturated carbocycles. The summed E-state index contributed by atoms with van der Waals surface area (Å²) in [5.74, 6) is -0.431. The second-order valence-corrected chi connectivity index (χ2v) is 7.72. The molecule has 0 aliphatic rings. The fourth-order valence-corrected chi connectivity index (χ4v) is 3.88. The number of esters is 1. The van der Waals surface area contributed by atoms with Gasteiger partial charge in [-0.15, -0.1) is 0 Å². The molecule has 0 aliphatic carbocycles. The third kappa shape index (κ3) is 3.41. The molecule has 0 aliphatic heterocycles. The molecular weight excluding hydrogens is 350 g/mol. The summed E-state index contributed by atoms with van der Waals surface area (Å²) in [6.07, 6.45) is 0. The molecule has 134 valence electrons. The number of nitrogens with zero attached hydrogens (tertiary/aromatic N) is 1. The van der Waals surface area contributed by atoms with Crippen LogP contribution in [0.4, 0.5) is 5.69 Å². The average Bonchev–Trinajstić information content (AvgIpc) is 2.67. The summed E-state index contributed by atoms with van der Waals surface area (Å²) < 4.78 is 32.0. The lowest BCUT2D eigenvalue weighted by Crippen LogP contribution is -2.26. The van der Waals surface area contributed by atoms with E-state index >= 15 is 0 Å². The predicted octanol–water partition coefficient (Wildman–Crippen LogP) is 3.84. The van der Waals surface area contributed by atoms with Crippen LogP contribution >= 0.6 is 0 Å². The Bertz CT molecular complexity index is 1040. The number of sulfonamides is 1. The molecule has 0 aromatic heterocycles. The SMILES string of the molecule is CCOC(=O)c1ccc(N(C)S(=O)(=O)c2ccc3ccccc3c2)cc1. The Labute approximate surface area is 152 Å². The van der Waals surface area contributed by atoms with Crippen molar-refractivity contribution in [2.75, 3.05) is 18.0 Å². The highest BCUT2D eigenvalue weighted by molar-refractivity contribution is 7.92. The molecule has 0 radical (unpaired) electrons. The van der Waals surface area contributed by atoms with Gasteiger partial charge >= 0.3 is 5.97 Å². The Morgan fingerprint density at radius 3 is 2.27 bits per heavy atom. The second-order valence-electron chi connectivity index (χ2n) is 5.75. The highest BCUT2D eigenvalue weighted by Crippen LogP contribution is 2.25. The molecule has 0 N–H and O–H groups in total. The van der Waals surface area contributed by atoms with Gasteiger partial charge in [-0.25, -0.2) is 13.2 Å². The van der Waals surface area contributed by atoms with E-state index in [1.165, 1.54) is 11.4 Å². The number of ether oxygens (including phenoxy) is 1. The van der Waals surface area contributed by atoms with Gasteiger partial charge in [0.25, 0.3) is 10.0 Å². The van der Waals surface area contributed by atoms with Gasteiger partial charge < -0.3 is 4.74 Å². The van der Waals surface area contributed by atoms with Crippen LogP contribution in [0.3, 0.4) is 0 Å². The van der Waals surface area contributed by atoms with E-state index < -0.39 is 16.0 Å². The first-order valence-electron chi connectivity index (χ1n) is 8.18. The van der Waals surface area contributed by atoms with E-state index in [-0.39, 0.29) is 11.5 Å². The zero-order chi connectivity index (χ0) is 18.7. The van der Waals surface area contributed by atoms with Gasteiger partial charge in [0.1, 0.15) is 0 Å². The van der Waals surface area contributed by atoms with Crippen LogP contribution in [0.1, 0.15) is 17.3 Å². The van der Waals surface area contributed by atoms with E-state index in [0.29, 0.717) is 11.3 Å². The molecule has 3 rings (SSSR count). The zero-order valence-electron chi connectivity index (χ0n) is 14.5. The third-order valence-corrected chi connectivity index (χ3v) is 5.90. The first kappa shape index (κ1) is 17.9. The van der Waals surface area contributed by atoms with Crippen LogP contribution in [-0.2, 0) is 14.8 Å². The Morgan fingerprint density at radius 2 is 1.62 bits per heavy atom. The molecule has 0 unspecified atom stereocenters. The normalized spacial score (nSPS) is 11.3. The lowest BCUT2D eigenvalue weighted by Gasteiger charge is -2.20.